The number of benzene rings is 4. The van der Waals surface area contributed by atoms with Gasteiger partial charge in [0.15, 0.2) is 23.1 Å². The Balaban J connectivity index is 0.000000199. The fraction of sp³-hybridized carbons (Fsp3) is 0.224. The van der Waals surface area contributed by atoms with E-state index in [4.69, 9.17) is 30.0 Å². The van der Waals surface area contributed by atoms with E-state index in [0.717, 1.165) is 81.5 Å². The summed E-state index contributed by atoms with van der Waals surface area (Å²) in [5.41, 5.74) is 9.59. The molecule has 0 unspecified atom stereocenters. The van der Waals surface area contributed by atoms with Gasteiger partial charge in [0.05, 0.1) is 49.1 Å². The van der Waals surface area contributed by atoms with Gasteiger partial charge < -0.3 is 29.7 Å². The summed E-state index contributed by atoms with van der Waals surface area (Å²) in [7, 11) is 0. The van der Waals surface area contributed by atoms with Crippen LogP contribution in [0.25, 0.3) is 34.2 Å². The van der Waals surface area contributed by atoms with Crippen LogP contribution in [0, 0.1) is 5.41 Å². The largest absolute Gasteiger partial charge is 1.00 e. The fourth-order valence-corrected chi connectivity index (χ4v) is 8.23. The molecule has 2 fully saturated rings. The number of carbonyl (C=O) groups excluding carboxylic acids is 4. The first-order valence-corrected chi connectivity index (χ1v) is 24.0. The van der Waals surface area contributed by atoms with Crippen molar-refractivity contribution in [2.45, 2.75) is 37.8 Å². The molecule has 2 aliphatic heterocycles. The van der Waals surface area contributed by atoms with Crippen molar-refractivity contribution in [1.82, 2.24) is 29.7 Å². The summed E-state index contributed by atoms with van der Waals surface area (Å²) in [6.45, 7) is 2.29. The Kier molecular flexibility index (Phi) is 22.7. The zero-order valence-electron chi connectivity index (χ0n) is 37.4. The van der Waals surface area contributed by atoms with Crippen LogP contribution in [0.1, 0.15) is 69.0 Å². The third kappa shape index (κ3) is 16.2. The first-order chi connectivity index (χ1) is 33.0. The van der Waals surface area contributed by atoms with Gasteiger partial charge in [0, 0.05) is 31.2 Å². The molecule has 4 N–H and O–H groups in total. The van der Waals surface area contributed by atoms with Gasteiger partial charge in [0.1, 0.15) is 17.4 Å². The zero-order valence-corrected chi connectivity index (χ0v) is 45.3. The number of halogens is 3. The number of nitrogens with two attached hydrogens (primary N) is 1. The van der Waals surface area contributed by atoms with Crippen LogP contribution in [0.2, 0.25) is 0 Å². The summed E-state index contributed by atoms with van der Waals surface area (Å²) in [6.07, 6.45) is 8.92. The minimum absolute atomic E-state index is 0. The molecule has 7 aromatic rings. The number of imidazole rings is 1. The number of nitrogens with one attached hydrogen (secondary N) is 2. The smallest absolute Gasteiger partial charge is 0.662 e. The maximum absolute atomic E-state index is 12.7. The summed E-state index contributed by atoms with van der Waals surface area (Å²) in [5.74, 6) is 3.01. The van der Waals surface area contributed by atoms with Crippen LogP contribution in [0.5, 0.6) is 0 Å². The van der Waals surface area contributed by atoms with Crippen LogP contribution in [0.4, 0.5) is 0 Å². The molecular weight excluding hydrogens is 1110 g/mol. The number of hydrogen-bond acceptors (Lipinski definition) is 14. The molecule has 9 rings (SSSR count). The fourth-order valence-electron chi connectivity index (χ4n) is 7.46. The Bertz CT molecular complexity index is 2740. The number of amidine groups is 1. The molecule has 20 heteroatoms. The maximum atomic E-state index is 12.7. The van der Waals surface area contributed by atoms with E-state index in [1.807, 2.05) is 114 Å². The average Bonchev–Trinajstić information content (AvgIpc) is 4.24. The average molecular weight is 1150 g/mol. The number of ketones is 3. The summed E-state index contributed by atoms with van der Waals surface area (Å²) >= 11 is 9.86. The number of carbonyl (C=O) groups is 4. The van der Waals surface area contributed by atoms with Crippen molar-refractivity contribution in [2.24, 2.45) is 5.73 Å². The molecule has 3 aromatic heterocycles. The van der Waals surface area contributed by atoms with Gasteiger partial charge in [-0.25, -0.2) is 15.0 Å². The van der Waals surface area contributed by atoms with Crippen molar-refractivity contribution in [2.75, 3.05) is 31.5 Å². The predicted octanol–water partition coefficient (Wildman–Crippen LogP) is 5.90. The van der Waals surface area contributed by atoms with Gasteiger partial charge in [-0.05, 0) is 63.0 Å². The van der Waals surface area contributed by atoms with E-state index in [1.165, 1.54) is 0 Å². The third-order valence-corrected chi connectivity index (χ3v) is 12.3. The number of Topliss-reactive ketones (excluding diaryl/α,β-unsaturated/α-hetero) is 3. The predicted molar refractivity (Wildman–Crippen MR) is 264 cm³/mol. The quantitative estimate of drug-likeness (QED) is 0.0168. The Morgan fingerprint density at radius 3 is 1.78 bits per heavy atom. The van der Waals surface area contributed by atoms with E-state index in [0.29, 0.717) is 30.5 Å². The molecule has 16 nitrogen and oxygen atoms in total. The topological polar surface area (TPSA) is 238 Å². The van der Waals surface area contributed by atoms with E-state index < -0.39 is 0 Å². The van der Waals surface area contributed by atoms with Crippen LogP contribution in [-0.4, -0.2) is 96.9 Å². The van der Waals surface area contributed by atoms with Crippen LogP contribution in [0.3, 0.4) is 0 Å². The van der Waals surface area contributed by atoms with Crippen molar-refractivity contribution in [3.05, 3.63) is 160 Å². The van der Waals surface area contributed by atoms with Crippen LogP contribution in [0.15, 0.2) is 146 Å². The minimum atomic E-state index is -0.181. The Hall–Kier alpha value is -4.58. The molecular formula is C49H46Br3KN8O8. The summed E-state index contributed by atoms with van der Waals surface area (Å²) in [5, 5.41) is 16.1. The second-order valence-corrected chi connectivity index (χ2v) is 17.7. The van der Waals surface area contributed by atoms with Gasteiger partial charge in [-0.2, -0.15) is 0 Å². The van der Waals surface area contributed by atoms with E-state index in [-0.39, 0.29) is 104 Å². The van der Waals surface area contributed by atoms with Crippen LogP contribution in [-0.2, 0) is 9.68 Å². The third-order valence-electron chi connectivity index (χ3n) is 10.8. The molecule has 0 saturated carbocycles. The molecule has 0 spiro atoms. The molecule has 2 aliphatic rings. The van der Waals surface area contributed by atoms with Crippen molar-refractivity contribution in [3.8, 4) is 34.2 Å². The van der Waals surface area contributed by atoms with Crippen LogP contribution >= 0.6 is 47.8 Å². The molecule has 0 aliphatic carbocycles. The Morgan fingerprint density at radius 1 is 0.739 bits per heavy atom. The number of aromatic amines is 1. The minimum Gasteiger partial charge on any atom is -0.662 e. The number of nitrogens with zero attached hydrogens (tertiary/aromatic N) is 5. The van der Waals surface area contributed by atoms with Gasteiger partial charge in [0.2, 0.25) is 11.7 Å². The normalized spacial score (nSPS) is 15.2. The van der Waals surface area contributed by atoms with E-state index in [1.54, 1.807) is 18.6 Å². The molecule has 69 heavy (non-hydrogen) atoms. The number of likely N-dealkylation sites (tertiary alicyclic amines) is 2. The van der Waals surface area contributed by atoms with Crippen molar-refractivity contribution < 1.29 is 89.5 Å². The van der Waals surface area contributed by atoms with E-state index in [2.05, 4.69) is 77.5 Å². The van der Waals surface area contributed by atoms with Gasteiger partial charge in [-0.3, -0.25) is 34.4 Å². The number of aromatic nitrogens is 4. The first-order valence-electron chi connectivity index (χ1n) is 21.3. The summed E-state index contributed by atoms with van der Waals surface area (Å²) < 4.78 is 13.3. The van der Waals surface area contributed by atoms with Crippen molar-refractivity contribution in [1.29, 1.82) is 5.41 Å². The zero-order chi connectivity index (χ0) is 48.4. The molecule has 2 atom stereocenters. The monoisotopic (exact) mass is 1150 g/mol. The summed E-state index contributed by atoms with van der Waals surface area (Å²) in [4.78, 5) is 67.7. The first kappa shape index (κ1) is 55.3. The SMILES string of the molecule is N=C(N)[C@@H]1CCCN1CC(=O)c1ccccc1.O=C(CBr)c1ncc(-c2ccc(Br)cc2)o1.O=C(CN1CCC[C@H]1c1ncc(-c2ncc(-c3ccc(Br)cc3)o2)[nH]1)c1ccccc1.O=CO[O-].[K+]. The Morgan fingerprint density at radius 2 is 1.25 bits per heavy atom. The van der Waals surface area contributed by atoms with E-state index in [9.17, 15) is 14.4 Å². The Labute approximate surface area is 466 Å². The molecule has 5 heterocycles. The van der Waals surface area contributed by atoms with Gasteiger partial charge in [-0.1, -0.05) is 133 Å². The molecule has 2 saturated heterocycles. The van der Waals surface area contributed by atoms with Crippen LogP contribution < -0.4 is 62.4 Å². The van der Waals surface area contributed by atoms with E-state index >= 15 is 0 Å². The second kappa shape index (κ2) is 28.3. The second-order valence-electron chi connectivity index (χ2n) is 15.3. The summed E-state index contributed by atoms with van der Waals surface area (Å²) in [6, 6.07) is 34.2. The van der Waals surface area contributed by atoms with Gasteiger partial charge in [0.25, 0.3) is 12.4 Å². The van der Waals surface area contributed by atoms with Gasteiger partial charge in [-0.15, -0.1) is 0 Å². The number of rotatable bonds is 14. The maximum Gasteiger partial charge on any atom is 1.00 e. The van der Waals surface area contributed by atoms with Crippen molar-refractivity contribution >= 4 is 77.4 Å². The number of oxazole rings is 2. The number of hydrogen-bond donors (Lipinski definition) is 3. The molecule has 4 aromatic carbocycles. The molecule has 352 valence electrons. The molecule has 0 radical (unpaired) electrons. The number of alkyl halides is 1. The van der Waals surface area contributed by atoms with Gasteiger partial charge >= 0.3 is 51.4 Å². The standard InChI is InChI=1S/C24H21BrN4O2.C13H17N3O.C11H7Br2NO2.CH2O3.K/c25-18-10-8-17(9-11-18)22-14-27-24(31-22)19-13-26-23(28-19)20-7-4-12-29(20)15-21(30)16-5-2-1-3-6-16;14-13(15)11-7-4-8-16(11)9-12(17)10-5-2-1-3-6-10;12-5-9(15)11-14-6-10(16-11)7-1-3-8(13)4-2-7;2-1-4-3;/h1-3,5-6,8-11,13-14,20H,4,7,12,15H2,(H,26,28);1-3,5-6,11H,4,7-9H2,(H3,14,15);1-4,6H,5H2;1,3H;/q;;;;+1/p-1/t20-;11-;;;/m00.../s1. The molecule has 0 amide bonds. The molecule has 0 bridgehead atoms. The van der Waals surface area contributed by atoms with Crippen molar-refractivity contribution in [3.63, 3.8) is 0 Å². The number of H-pyrrole nitrogens is 1.